The third-order valence-corrected chi connectivity index (χ3v) is 5.06. The van der Waals surface area contributed by atoms with Gasteiger partial charge >= 0.3 is 5.97 Å². The van der Waals surface area contributed by atoms with Gasteiger partial charge < -0.3 is 15.4 Å². The van der Waals surface area contributed by atoms with Crippen LogP contribution in [0.5, 0.6) is 0 Å². The van der Waals surface area contributed by atoms with E-state index in [1.807, 2.05) is 6.07 Å². The SMILES string of the molecule is O=C(O)C(=Cc1c[nH]c2nc(NC(=O)c3ccc(Br)cc3)ccc12)c1ccccc1. The van der Waals surface area contributed by atoms with Crippen LogP contribution >= 0.6 is 15.9 Å². The van der Waals surface area contributed by atoms with E-state index >= 15 is 0 Å². The largest absolute Gasteiger partial charge is 0.478 e. The fourth-order valence-corrected chi connectivity index (χ4v) is 3.31. The number of carboxylic acids is 1. The summed E-state index contributed by atoms with van der Waals surface area (Å²) in [6.07, 6.45) is 3.31. The van der Waals surface area contributed by atoms with Crippen molar-refractivity contribution in [2.24, 2.45) is 0 Å². The highest BCUT2D eigenvalue weighted by molar-refractivity contribution is 9.10. The molecule has 0 bridgehead atoms. The van der Waals surface area contributed by atoms with E-state index in [4.69, 9.17) is 0 Å². The van der Waals surface area contributed by atoms with Crippen LogP contribution in [-0.4, -0.2) is 27.0 Å². The van der Waals surface area contributed by atoms with E-state index in [2.05, 4.69) is 31.2 Å². The van der Waals surface area contributed by atoms with Crippen LogP contribution in [-0.2, 0) is 4.79 Å². The normalized spacial score (nSPS) is 11.4. The molecule has 2 aromatic heterocycles. The van der Waals surface area contributed by atoms with Gasteiger partial charge in [0.15, 0.2) is 0 Å². The lowest BCUT2D eigenvalue weighted by Gasteiger charge is -2.05. The Bertz CT molecular complexity index is 1260. The van der Waals surface area contributed by atoms with Crippen LogP contribution in [0.15, 0.2) is 77.4 Å². The van der Waals surface area contributed by atoms with Crippen molar-refractivity contribution >= 4 is 56.3 Å². The Labute approximate surface area is 180 Å². The first-order valence-corrected chi connectivity index (χ1v) is 9.86. The number of hydrogen-bond acceptors (Lipinski definition) is 3. The molecule has 0 saturated heterocycles. The number of aromatic amines is 1. The van der Waals surface area contributed by atoms with Crippen LogP contribution in [0.4, 0.5) is 5.82 Å². The molecule has 0 aliphatic rings. The summed E-state index contributed by atoms with van der Waals surface area (Å²) in [5.41, 5.74) is 2.57. The average Bonchev–Trinajstić information content (AvgIpc) is 3.15. The van der Waals surface area contributed by atoms with Crippen molar-refractivity contribution in [3.63, 3.8) is 0 Å². The number of nitrogens with zero attached hydrogens (tertiary/aromatic N) is 1. The average molecular weight is 462 g/mol. The lowest BCUT2D eigenvalue weighted by atomic mass is 10.0. The van der Waals surface area contributed by atoms with Crippen molar-refractivity contribution in [3.05, 3.63) is 94.1 Å². The molecule has 2 heterocycles. The molecule has 0 fully saturated rings. The van der Waals surface area contributed by atoms with E-state index in [0.717, 1.165) is 9.86 Å². The van der Waals surface area contributed by atoms with Crippen molar-refractivity contribution < 1.29 is 14.7 Å². The minimum absolute atomic E-state index is 0.184. The molecule has 0 radical (unpaired) electrons. The Morgan fingerprint density at radius 2 is 1.70 bits per heavy atom. The number of aromatic nitrogens is 2. The Morgan fingerprint density at radius 1 is 0.967 bits per heavy atom. The number of halogens is 1. The van der Waals surface area contributed by atoms with Crippen LogP contribution in [0.3, 0.4) is 0 Å². The summed E-state index contributed by atoms with van der Waals surface area (Å²) in [4.78, 5) is 31.6. The molecule has 0 unspecified atom stereocenters. The highest BCUT2D eigenvalue weighted by Crippen LogP contribution is 2.25. The minimum Gasteiger partial charge on any atom is -0.478 e. The smallest absolute Gasteiger partial charge is 0.336 e. The molecule has 4 rings (SSSR count). The lowest BCUT2D eigenvalue weighted by molar-refractivity contribution is -0.130. The fraction of sp³-hybridized carbons (Fsp3) is 0. The van der Waals surface area contributed by atoms with E-state index in [1.165, 1.54) is 0 Å². The summed E-state index contributed by atoms with van der Waals surface area (Å²) >= 11 is 3.34. The Balaban J connectivity index is 1.63. The van der Waals surface area contributed by atoms with E-state index in [9.17, 15) is 14.7 Å². The molecule has 7 heteroatoms. The van der Waals surface area contributed by atoms with Crippen LogP contribution in [0.25, 0.3) is 22.7 Å². The van der Waals surface area contributed by atoms with Gasteiger partial charge in [0.2, 0.25) is 0 Å². The number of carbonyl (C=O) groups excluding carboxylic acids is 1. The number of benzene rings is 2. The summed E-state index contributed by atoms with van der Waals surface area (Å²) in [7, 11) is 0. The fourth-order valence-electron chi connectivity index (χ4n) is 3.05. The molecule has 148 valence electrons. The number of aliphatic carboxylic acids is 1. The number of amides is 1. The van der Waals surface area contributed by atoms with Gasteiger partial charge in [0.1, 0.15) is 11.5 Å². The standard InChI is InChI=1S/C23H16BrN3O3/c24-17-8-6-15(7-9-17)22(28)27-20-11-10-18-16(13-25-21(18)26-20)12-19(23(29)30)14-4-2-1-3-5-14/h1-13H,(H,29,30)(H2,25,26,27,28). The molecule has 2 aromatic carbocycles. The Kier molecular flexibility index (Phi) is 5.45. The second kappa shape index (κ2) is 8.34. The molecule has 3 N–H and O–H groups in total. The second-order valence-corrected chi connectivity index (χ2v) is 7.44. The third kappa shape index (κ3) is 4.16. The van der Waals surface area contributed by atoms with Gasteiger partial charge in [-0.3, -0.25) is 4.79 Å². The first kappa shape index (κ1) is 19.6. The molecule has 0 saturated carbocycles. The van der Waals surface area contributed by atoms with Crippen LogP contribution in [0.2, 0.25) is 0 Å². The number of hydrogen-bond donors (Lipinski definition) is 3. The molecule has 0 spiro atoms. The van der Waals surface area contributed by atoms with Gasteiger partial charge in [-0.15, -0.1) is 0 Å². The van der Waals surface area contributed by atoms with E-state index in [-0.39, 0.29) is 11.5 Å². The zero-order valence-electron chi connectivity index (χ0n) is 15.6. The highest BCUT2D eigenvalue weighted by Gasteiger charge is 2.13. The maximum absolute atomic E-state index is 12.4. The van der Waals surface area contributed by atoms with Crippen LogP contribution < -0.4 is 5.32 Å². The quantitative estimate of drug-likeness (QED) is 0.355. The van der Waals surface area contributed by atoms with Gasteiger partial charge in [-0.25, -0.2) is 9.78 Å². The molecule has 4 aromatic rings. The summed E-state index contributed by atoms with van der Waals surface area (Å²) in [6.45, 7) is 0. The number of pyridine rings is 1. The number of anilines is 1. The lowest BCUT2D eigenvalue weighted by Crippen LogP contribution is -2.12. The van der Waals surface area contributed by atoms with Crippen molar-refractivity contribution in [1.82, 2.24) is 9.97 Å². The zero-order chi connectivity index (χ0) is 21.1. The van der Waals surface area contributed by atoms with Gasteiger partial charge in [0.05, 0.1) is 5.57 Å². The van der Waals surface area contributed by atoms with E-state index in [0.29, 0.717) is 28.2 Å². The molecule has 0 aliphatic carbocycles. The number of carboxylic acid groups (broad SMARTS) is 1. The molecule has 1 amide bonds. The first-order chi connectivity index (χ1) is 14.5. The molecule has 30 heavy (non-hydrogen) atoms. The minimum atomic E-state index is -1.01. The van der Waals surface area contributed by atoms with Crippen LogP contribution in [0, 0.1) is 0 Å². The molecule has 0 aliphatic heterocycles. The number of carbonyl (C=O) groups is 2. The third-order valence-electron chi connectivity index (χ3n) is 4.53. The van der Waals surface area contributed by atoms with Crippen molar-refractivity contribution in [1.29, 1.82) is 0 Å². The monoisotopic (exact) mass is 461 g/mol. The summed E-state index contributed by atoms with van der Waals surface area (Å²) in [6, 6.07) is 19.4. The maximum atomic E-state index is 12.4. The van der Waals surface area contributed by atoms with Gasteiger partial charge in [-0.2, -0.15) is 0 Å². The summed E-state index contributed by atoms with van der Waals surface area (Å²) < 4.78 is 0.891. The van der Waals surface area contributed by atoms with Gasteiger partial charge in [-0.1, -0.05) is 46.3 Å². The van der Waals surface area contributed by atoms with Crippen molar-refractivity contribution in [2.75, 3.05) is 5.32 Å². The highest BCUT2D eigenvalue weighted by atomic mass is 79.9. The molecular formula is C23H16BrN3O3. The van der Waals surface area contributed by atoms with E-state index < -0.39 is 5.97 Å². The second-order valence-electron chi connectivity index (χ2n) is 6.53. The van der Waals surface area contributed by atoms with Gasteiger partial charge in [0, 0.05) is 27.2 Å². The van der Waals surface area contributed by atoms with Crippen LogP contribution in [0.1, 0.15) is 21.5 Å². The van der Waals surface area contributed by atoms with Gasteiger partial charge in [-0.05, 0) is 48.0 Å². The maximum Gasteiger partial charge on any atom is 0.336 e. The number of fused-ring (bicyclic) bond motifs is 1. The number of H-pyrrole nitrogens is 1. The topological polar surface area (TPSA) is 95.1 Å². The van der Waals surface area contributed by atoms with Gasteiger partial charge in [0.25, 0.3) is 5.91 Å². The molecular weight excluding hydrogens is 446 g/mol. The predicted octanol–water partition coefficient (Wildman–Crippen LogP) is 5.20. The number of rotatable bonds is 5. The first-order valence-electron chi connectivity index (χ1n) is 9.07. The summed E-state index contributed by atoms with van der Waals surface area (Å²) in [5, 5.41) is 13.1. The summed E-state index contributed by atoms with van der Waals surface area (Å²) in [5.74, 6) is -0.880. The van der Waals surface area contributed by atoms with Crippen molar-refractivity contribution in [2.45, 2.75) is 0 Å². The molecule has 0 atom stereocenters. The van der Waals surface area contributed by atoms with E-state index in [1.54, 1.807) is 72.9 Å². The van der Waals surface area contributed by atoms with Crippen molar-refractivity contribution in [3.8, 4) is 0 Å². The Hall–Kier alpha value is -3.71. The predicted molar refractivity (Wildman–Crippen MR) is 120 cm³/mol. The molecule has 6 nitrogen and oxygen atoms in total. The zero-order valence-corrected chi connectivity index (χ0v) is 17.2. The Morgan fingerprint density at radius 3 is 2.40 bits per heavy atom. The number of nitrogens with one attached hydrogen (secondary N) is 2.